The van der Waals surface area contributed by atoms with E-state index in [-0.39, 0.29) is 12.0 Å². The van der Waals surface area contributed by atoms with Crippen molar-refractivity contribution in [2.45, 2.75) is 33.3 Å². The fourth-order valence-corrected chi connectivity index (χ4v) is 0.878. The number of hydrogen-bond acceptors (Lipinski definition) is 2. The fraction of sp³-hybridized carbons (Fsp3) is 0.889. The van der Waals surface area contributed by atoms with Crippen LogP contribution < -0.4 is 5.32 Å². The molecule has 72 valence electrons. The maximum absolute atomic E-state index is 11.3. The average molecular weight is 173 g/mol. The molecule has 12 heavy (non-hydrogen) atoms. The minimum absolute atomic E-state index is 0.00583. The van der Waals surface area contributed by atoms with Crippen molar-refractivity contribution in [1.82, 2.24) is 5.32 Å². The molecule has 0 aromatic rings. The van der Waals surface area contributed by atoms with Gasteiger partial charge in [0.2, 0.25) is 5.91 Å². The Morgan fingerprint density at radius 3 is 2.42 bits per heavy atom. The summed E-state index contributed by atoms with van der Waals surface area (Å²) < 4.78 is 4.98. The highest BCUT2D eigenvalue weighted by molar-refractivity contribution is 5.80. The first-order chi connectivity index (χ1) is 5.61. The van der Waals surface area contributed by atoms with Gasteiger partial charge in [-0.2, -0.15) is 0 Å². The Morgan fingerprint density at radius 2 is 2.08 bits per heavy atom. The highest BCUT2D eigenvalue weighted by Crippen LogP contribution is 1.96. The lowest BCUT2D eigenvalue weighted by Gasteiger charge is -2.14. The summed E-state index contributed by atoms with van der Waals surface area (Å²) in [5.74, 6) is 0.483. The Balaban J connectivity index is 3.69. The van der Waals surface area contributed by atoms with Gasteiger partial charge in [-0.3, -0.25) is 4.79 Å². The van der Waals surface area contributed by atoms with Crippen LogP contribution in [0.5, 0.6) is 0 Å². The second kappa shape index (κ2) is 6.00. The van der Waals surface area contributed by atoms with E-state index in [1.165, 1.54) is 0 Å². The lowest BCUT2D eigenvalue weighted by atomic mass is 10.2. The summed E-state index contributed by atoms with van der Waals surface area (Å²) in [5, 5.41) is 2.82. The Hall–Kier alpha value is -0.570. The number of carbonyl (C=O) groups excluding carboxylic acids is 1. The van der Waals surface area contributed by atoms with Crippen LogP contribution in [0.3, 0.4) is 0 Å². The molecule has 0 aliphatic carbocycles. The summed E-state index contributed by atoms with van der Waals surface area (Å²) in [4.78, 5) is 11.3. The highest BCUT2D eigenvalue weighted by Gasteiger charge is 2.14. The molecule has 1 N–H and O–H groups in total. The molecule has 1 amide bonds. The minimum atomic E-state index is -0.288. The number of methoxy groups -OCH3 is 1. The molecule has 0 aliphatic rings. The second-order valence-corrected chi connectivity index (χ2v) is 3.27. The quantitative estimate of drug-likeness (QED) is 0.678. The largest absolute Gasteiger partial charge is 0.372 e. The summed E-state index contributed by atoms with van der Waals surface area (Å²) in [6, 6.07) is 0. The van der Waals surface area contributed by atoms with E-state index in [4.69, 9.17) is 4.74 Å². The van der Waals surface area contributed by atoms with Crippen LogP contribution in [0.1, 0.15) is 27.2 Å². The first-order valence-electron chi connectivity index (χ1n) is 4.42. The van der Waals surface area contributed by atoms with Gasteiger partial charge in [-0.25, -0.2) is 0 Å². The second-order valence-electron chi connectivity index (χ2n) is 3.27. The third kappa shape index (κ3) is 4.34. The van der Waals surface area contributed by atoms with Gasteiger partial charge >= 0.3 is 0 Å². The number of nitrogens with one attached hydrogen (secondary N) is 1. The fourth-order valence-electron chi connectivity index (χ4n) is 0.878. The molecule has 0 bridgehead atoms. The van der Waals surface area contributed by atoms with Crippen LogP contribution in [0.25, 0.3) is 0 Å². The summed E-state index contributed by atoms with van der Waals surface area (Å²) in [6.45, 7) is 6.78. The maximum Gasteiger partial charge on any atom is 0.249 e. The van der Waals surface area contributed by atoms with Crippen LogP contribution in [-0.2, 0) is 9.53 Å². The molecular formula is C9H19NO2. The van der Waals surface area contributed by atoms with E-state index >= 15 is 0 Å². The Kier molecular flexibility index (Phi) is 5.72. The number of ether oxygens (including phenoxy) is 1. The van der Waals surface area contributed by atoms with Gasteiger partial charge in [-0.05, 0) is 12.3 Å². The van der Waals surface area contributed by atoms with Gasteiger partial charge in [-0.15, -0.1) is 0 Å². The molecule has 0 aromatic heterocycles. The van der Waals surface area contributed by atoms with E-state index in [9.17, 15) is 4.79 Å². The van der Waals surface area contributed by atoms with Crippen LogP contribution >= 0.6 is 0 Å². The zero-order chi connectivity index (χ0) is 9.56. The number of carbonyl (C=O) groups is 1. The van der Waals surface area contributed by atoms with Gasteiger partial charge in [0.25, 0.3) is 0 Å². The van der Waals surface area contributed by atoms with Crippen molar-refractivity contribution in [3.63, 3.8) is 0 Å². The van der Waals surface area contributed by atoms with E-state index in [1.807, 2.05) is 6.92 Å². The lowest BCUT2D eigenvalue weighted by Crippen LogP contribution is -2.37. The molecule has 3 nitrogen and oxygen atoms in total. The lowest BCUT2D eigenvalue weighted by molar-refractivity contribution is -0.131. The Morgan fingerprint density at radius 1 is 1.50 bits per heavy atom. The molecule has 0 radical (unpaired) electrons. The van der Waals surface area contributed by atoms with Crippen molar-refractivity contribution in [3.05, 3.63) is 0 Å². The number of amides is 1. The molecule has 1 atom stereocenters. The van der Waals surface area contributed by atoms with Crippen LogP contribution in [0, 0.1) is 5.92 Å². The minimum Gasteiger partial charge on any atom is -0.372 e. The SMILES string of the molecule is CCC(OC)C(=O)NCC(C)C. The molecule has 0 aliphatic heterocycles. The zero-order valence-electron chi connectivity index (χ0n) is 8.39. The standard InChI is InChI=1S/C9H19NO2/c1-5-8(12-4)9(11)10-6-7(2)3/h7-8H,5-6H2,1-4H3,(H,10,11). The van der Waals surface area contributed by atoms with Crippen molar-refractivity contribution in [3.8, 4) is 0 Å². The van der Waals surface area contributed by atoms with E-state index in [0.29, 0.717) is 5.92 Å². The zero-order valence-corrected chi connectivity index (χ0v) is 8.39. The average Bonchev–Trinajstić information content (AvgIpc) is 2.03. The molecule has 0 spiro atoms. The third-order valence-electron chi connectivity index (χ3n) is 1.63. The molecule has 0 saturated heterocycles. The van der Waals surface area contributed by atoms with Gasteiger partial charge in [0.15, 0.2) is 0 Å². The first-order valence-corrected chi connectivity index (χ1v) is 4.42. The normalized spacial score (nSPS) is 13.1. The van der Waals surface area contributed by atoms with Gasteiger partial charge in [0.1, 0.15) is 6.10 Å². The summed E-state index contributed by atoms with van der Waals surface area (Å²) >= 11 is 0. The molecule has 3 heteroatoms. The number of rotatable bonds is 5. The van der Waals surface area contributed by atoms with Crippen LogP contribution in [0.4, 0.5) is 0 Å². The molecule has 0 saturated carbocycles. The van der Waals surface area contributed by atoms with Crippen molar-refractivity contribution < 1.29 is 9.53 Å². The smallest absolute Gasteiger partial charge is 0.249 e. The topological polar surface area (TPSA) is 38.3 Å². The first kappa shape index (κ1) is 11.4. The molecule has 1 unspecified atom stereocenters. The summed E-state index contributed by atoms with van der Waals surface area (Å²) in [5.41, 5.74) is 0. The summed E-state index contributed by atoms with van der Waals surface area (Å²) in [7, 11) is 1.56. The Bertz CT molecular complexity index is 130. The van der Waals surface area contributed by atoms with Gasteiger partial charge < -0.3 is 10.1 Å². The van der Waals surface area contributed by atoms with Crippen LogP contribution in [0.15, 0.2) is 0 Å². The van der Waals surface area contributed by atoms with E-state index in [0.717, 1.165) is 13.0 Å². The highest BCUT2D eigenvalue weighted by atomic mass is 16.5. The molecule has 0 aromatic carbocycles. The number of hydrogen-bond donors (Lipinski definition) is 1. The van der Waals surface area contributed by atoms with E-state index < -0.39 is 0 Å². The van der Waals surface area contributed by atoms with Crippen molar-refractivity contribution in [2.75, 3.05) is 13.7 Å². The predicted molar refractivity (Wildman–Crippen MR) is 48.9 cm³/mol. The van der Waals surface area contributed by atoms with E-state index in [2.05, 4.69) is 19.2 Å². The van der Waals surface area contributed by atoms with Gasteiger partial charge in [0, 0.05) is 13.7 Å². The molecule has 0 heterocycles. The van der Waals surface area contributed by atoms with Crippen molar-refractivity contribution in [1.29, 1.82) is 0 Å². The van der Waals surface area contributed by atoms with Crippen LogP contribution in [0.2, 0.25) is 0 Å². The van der Waals surface area contributed by atoms with Gasteiger partial charge in [-0.1, -0.05) is 20.8 Å². The summed E-state index contributed by atoms with van der Waals surface area (Å²) in [6.07, 6.45) is 0.434. The van der Waals surface area contributed by atoms with Gasteiger partial charge in [0.05, 0.1) is 0 Å². The third-order valence-corrected chi connectivity index (χ3v) is 1.63. The monoisotopic (exact) mass is 173 g/mol. The predicted octanol–water partition coefficient (Wildman–Crippen LogP) is 1.18. The van der Waals surface area contributed by atoms with Crippen molar-refractivity contribution in [2.24, 2.45) is 5.92 Å². The van der Waals surface area contributed by atoms with Crippen molar-refractivity contribution >= 4 is 5.91 Å². The van der Waals surface area contributed by atoms with Crippen LogP contribution in [-0.4, -0.2) is 25.7 Å². The molecule has 0 fully saturated rings. The molecule has 0 rings (SSSR count). The Labute approximate surface area is 74.5 Å². The molecular weight excluding hydrogens is 154 g/mol. The maximum atomic E-state index is 11.3. The van der Waals surface area contributed by atoms with E-state index in [1.54, 1.807) is 7.11 Å².